The van der Waals surface area contributed by atoms with Gasteiger partial charge in [-0.25, -0.2) is 0 Å². The number of rotatable bonds is 1. The standard InChI is InChI=1S/C8H7BF3N2.K/c1-14-5-6-3-2-4-7(8(6)13-14)9(10,11)12;/h2-5H,1H3;/q-1;+1. The van der Waals surface area contributed by atoms with Crippen LogP contribution in [0, 0.1) is 0 Å². The number of aryl methyl sites for hydroxylation is 1. The first-order chi connectivity index (χ1) is 6.48. The number of hydrogen-bond acceptors (Lipinski definition) is 1. The Morgan fingerprint density at radius 1 is 1.27 bits per heavy atom. The zero-order chi connectivity index (χ0) is 10.3. The van der Waals surface area contributed by atoms with E-state index >= 15 is 0 Å². The van der Waals surface area contributed by atoms with Gasteiger partial charge in [-0.15, -0.1) is 0 Å². The van der Waals surface area contributed by atoms with Crippen molar-refractivity contribution in [2.75, 3.05) is 0 Å². The normalized spacial score (nSPS) is 11.5. The molecule has 0 atom stereocenters. The maximum absolute atomic E-state index is 12.5. The summed E-state index contributed by atoms with van der Waals surface area (Å²) in [4.78, 5) is 0. The summed E-state index contributed by atoms with van der Waals surface area (Å²) in [5, 5.41) is 4.31. The third-order valence-corrected chi connectivity index (χ3v) is 2.03. The number of hydrogen-bond donors (Lipinski definition) is 0. The van der Waals surface area contributed by atoms with Crippen molar-refractivity contribution < 1.29 is 64.3 Å². The van der Waals surface area contributed by atoms with E-state index in [9.17, 15) is 12.9 Å². The van der Waals surface area contributed by atoms with Crippen molar-refractivity contribution in [3.8, 4) is 0 Å². The number of fused-ring (bicyclic) bond motifs is 1. The quantitative estimate of drug-likeness (QED) is 0.560. The summed E-state index contributed by atoms with van der Waals surface area (Å²) in [6.45, 7) is -4.98. The van der Waals surface area contributed by atoms with Crippen molar-refractivity contribution >= 4 is 23.3 Å². The Balaban J connectivity index is 0.00000112. The topological polar surface area (TPSA) is 17.8 Å². The fraction of sp³-hybridized carbons (Fsp3) is 0.125. The van der Waals surface area contributed by atoms with Gasteiger partial charge in [-0.2, -0.15) is 5.10 Å². The van der Waals surface area contributed by atoms with E-state index in [2.05, 4.69) is 5.10 Å². The molecule has 0 aliphatic heterocycles. The van der Waals surface area contributed by atoms with Crippen LogP contribution in [-0.4, -0.2) is 16.8 Å². The minimum absolute atomic E-state index is 0. The third-order valence-electron chi connectivity index (χ3n) is 2.03. The molecule has 0 amide bonds. The Labute approximate surface area is 127 Å². The van der Waals surface area contributed by atoms with Crippen LogP contribution in [0.4, 0.5) is 12.9 Å². The molecule has 0 aliphatic rings. The maximum Gasteiger partial charge on any atom is 1.00 e. The molecule has 0 unspecified atom stereocenters. The van der Waals surface area contributed by atoms with Gasteiger partial charge >= 0.3 is 58.4 Å². The molecule has 1 aromatic heterocycles. The molecule has 0 spiro atoms. The van der Waals surface area contributed by atoms with Gasteiger partial charge < -0.3 is 12.9 Å². The van der Waals surface area contributed by atoms with Crippen LogP contribution in [-0.2, 0) is 7.05 Å². The van der Waals surface area contributed by atoms with Gasteiger partial charge in [0, 0.05) is 18.6 Å². The Morgan fingerprint density at radius 2 is 1.93 bits per heavy atom. The summed E-state index contributed by atoms with van der Waals surface area (Å²) >= 11 is 0. The van der Waals surface area contributed by atoms with Crippen LogP contribution in [0.2, 0.25) is 0 Å². The van der Waals surface area contributed by atoms with Gasteiger partial charge in [0.2, 0.25) is 0 Å². The van der Waals surface area contributed by atoms with Gasteiger partial charge in [-0.05, 0) is 0 Å². The first kappa shape index (κ1) is 13.2. The van der Waals surface area contributed by atoms with Gasteiger partial charge in [0.1, 0.15) is 0 Å². The minimum atomic E-state index is -4.98. The SMILES string of the molecule is Cn1cc2cccc([B-](F)(F)F)c2n1.[K+]. The first-order valence-corrected chi connectivity index (χ1v) is 4.11. The molecule has 2 aromatic rings. The summed E-state index contributed by atoms with van der Waals surface area (Å²) < 4.78 is 39.0. The predicted molar refractivity (Wildman–Crippen MR) is 49.4 cm³/mol. The van der Waals surface area contributed by atoms with Crippen LogP contribution >= 0.6 is 0 Å². The van der Waals surface area contributed by atoms with Crippen LogP contribution in [0.1, 0.15) is 0 Å². The fourth-order valence-corrected chi connectivity index (χ4v) is 1.45. The van der Waals surface area contributed by atoms with E-state index in [1.165, 1.54) is 10.7 Å². The second-order valence-electron chi connectivity index (χ2n) is 3.16. The largest absolute Gasteiger partial charge is 1.00 e. The maximum atomic E-state index is 12.5. The van der Waals surface area contributed by atoms with Gasteiger partial charge in [-0.1, -0.05) is 23.7 Å². The molecule has 0 bridgehead atoms. The molecular weight excluding hydrogens is 231 g/mol. The monoisotopic (exact) mass is 238 g/mol. The van der Waals surface area contributed by atoms with E-state index in [1.54, 1.807) is 19.3 Å². The van der Waals surface area contributed by atoms with Crippen molar-refractivity contribution in [2.45, 2.75) is 0 Å². The van der Waals surface area contributed by atoms with E-state index < -0.39 is 12.4 Å². The molecule has 74 valence electrons. The molecular formula is C8H7BF3KN2. The van der Waals surface area contributed by atoms with E-state index in [0.717, 1.165) is 6.07 Å². The Hall–Kier alpha value is 0.181. The third kappa shape index (κ3) is 2.65. The smallest absolute Gasteiger partial charge is 0.445 e. The van der Waals surface area contributed by atoms with Crippen molar-refractivity contribution in [3.05, 3.63) is 24.4 Å². The molecule has 0 radical (unpaired) electrons. The molecule has 15 heavy (non-hydrogen) atoms. The molecule has 1 aromatic carbocycles. The Morgan fingerprint density at radius 3 is 2.53 bits per heavy atom. The molecule has 0 saturated heterocycles. The molecule has 0 saturated carbocycles. The Kier molecular flexibility index (Phi) is 4.05. The number of nitrogens with zero attached hydrogens (tertiary/aromatic N) is 2. The zero-order valence-corrected chi connectivity index (χ0v) is 11.5. The fourth-order valence-electron chi connectivity index (χ4n) is 1.45. The number of halogens is 3. The number of aromatic nitrogens is 2. The van der Waals surface area contributed by atoms with Crippen LogP contribution in [0.15, 0.2) is 24.4 Å². The predicted octanol–water partition coefficient (Wildman–Crippen LogP) is -1.37. The van der Waals surface area contributed by atoms with Crippen molar-refractivity contribution in [3.63, 3.8) is 0 Å². The molecule has 2 rings (SSSR count). The Bertz CT molecular complexity index is 480. The summed E-state index contributed by atoms with van der Waals surface area (Å²) in [7, 11) is 1.60. The van der Waals surface area contributed by atoms with Crippen LogP contribution < -0.4 is 56.8 Å². The van der Waals surface area contributed by atoms with E-state index in [-0.39, 0.29) is 56.9 Å². The molecule has 7 heteroatoms. The second kappa shape index (κ2) is 4.59. The summed E-state index contributed by atoms with van der Waals surface area (Å²) in [6, 6.07) is 4.08. The molecule has 1 heterocycles. The summed E-state index contributed by atoms with van der Waals surface area (Å²) in [6.07, 6.45) is 1.57. The minimum Gasteiger partial charge on any atom is -0.445 e. The second-order valence-corrected chi connectivity index (χ2v) is 3.16. The number of benzene rings is 1. The van der Waals surface area contributed by atoms with E-state index in [0.29, 0.717) is 5.39 Å². The first-order valence-electron chi connectivity index (χ1n) is 4.11. The average Bonchev–Trinajstić information content (AvgIpc) is 2.41. The molecule has 0 aliphatic carbocycles. The summed E-state index contributed by atoms with van der Waals surface area (Å²) in [5.41, 5.74) is -0.592. The zero-order valence-electron chi connectivity index (χ0n) is 8.42. The van der Waals surface area contributed by atoms with Crippen LogP contribution in [0.5, 0.6) is 0 Å². The van der Waals surface area contributed by atoms with Gasteiger partial charge in [0.15, 0.2) is 0 Å². The van der Waals surface area contributed by atoms with Crippen molar-refractivity contribution in [1.82, 2.24) is 9.78 Å². The van der Waals surface area contributed by atoms with Crippen LogP contribution in [0.25, 0.3) is 10.9 Å². The van der Waals surface area contributed by atoms with Gasteiger partial charge in [0.25, 0.3) is 0 Å². The van der Waals surface area contributed by atoms with Crippen molar-refractivity contribution in [2.24, 2.45) is 7.05 Å². The van der Waals surface area contributed by atoms with Crippen LogP contribution in [0.3, 0.4) is 0 Å². The average molecular weight is 238 g/mol. The summed E-state index contributed by atoms with van der Waals surface area (Å²) in [5.74, 6) is 0. The van der Waals surface area contributed by atoms with Gasteiger partial charge in [0.05, 0.1) is 5.52 Å². The molecule has 0 fully saturated rings. The van der Waals surface area contributed by atoms with E-state index in [1.807, 2.05) is 0 Å². The van der Waals surface area contributed by atoms with Gasteiger partial charge in [-0.3, -0.25) is 4.68 Å². The molecule has 2 nitrogen and oxygen atoms in total. The molecule has 0 N–H and O–H groups in total. The van der Waals surface area contributed by atoms with Crippen molar-refractivity contribution in [1.29, 1.82) is 0 Å². The van der Waals surface area contributed by atoms with E-state index in [4.69, 9.17) is 0 Å².